The second-order valence-corrected chi connectivity index (χ2v) is 6.81. The normalized spacial score (nSPS) is 13.2. The Morgan fingerprint density at radius 3 is 2.66 bits per heavy atom. The quantitative estimate of drug-likeness (QED) is 0.545. The molecule has 6 nitrogen and oxygen atoms in total. The number of carbonyl (C=O) groups is 1. The van der Waals surface area contributed by atoms with Gasteiger partial charge in [-0.1, -0.05) is 18.2 Å². The van der Waals surface area contributed by atoms with Crippen LogP contribution >= 0.6 is 0 Å². The van der Waals surface area contributed by atoms with Crippen molar-refractivity contribution in [3.63, 3.8) is 0 Å². The molecule has 0 radical (unpaired) electrons. The van der Waals surface area contributed by atoms with E-state index in [2.05, 4.69) is 5.32 Å². The van der Waals surface area contributed by atoms with Crippen molar-refractivity contribution < 1.29 is 23.4 Å². The first-order valence-corrected chi connectivity index (χ1v) is 9.50. The van der Waals surface area contributed by atoms with Crippen molar-refractivity contribution in [1.82, 2.24) is 0 Å². The zero-order chi connectivity index (χ0) is 19.6. The number of para-hydroxylation sites is 1. The Bertz CT molecular complexity index is 1200. The maximum absolute atomic E-state index is 12.3. The molecule has 0 bridgehead atoms. The van der Waals surface area contributed by atoms with E-state index in [9.17, 15) is 4.79 Å². The molecule has 1 aliphatic rings. The van der Waals surface area contributed by atoms with Gasteiger partial charge in [0.1, 0.15) is 16.9 Å². The summed E-state index contributed by atoms with van der Waals surface area (Å²) in [6.07, 6.45) is 0.834. The number of hydrogen-bond acceptors (Lipinski definition) is 5. The van der Waals surface area contributed by atoms with Crippen LogP contribution in [0.1, 0.15) is 6.42 Å². The second-order valence-electron chi connectivity index (χ2n) is 6.81. The maximum Gasteiger partial charge on any atom is 0.262 e. The molecule has 2 heterocycles. The molecule has 146 valence electrons. The van der Waals surface area contributed by atoms with Crippen molar-refractivity contribution in [2.24, 2.45) is 0 Å². The van der Waals surface area contributed by atoms with E-state index < -0.39 is 0 Å². The predicted octanol–water partition coefficient (Wildman–Crippen LogP) is 4.76. The minimum atomic E-state index is -0.253. The van der Waals surface area contributed by atoms with Crippen LogP contribution in [0.15, 0.2) is 65.1 Å². The smallest absolute Gasteiger partial charge is 0.262 e. The molecule has 0 fully saturated rings. The van der Waals surface area contributed by atoms with Crippen LogP contribution in [0.5, 0.6) is 17.2 Å². The molecule has 1 amide bonds. The van der Waals surface area contributed by atoms with Crippen molar-refractivity contribution >= 4 is 33.5 Å². The number of ether oxygens (including phenoxy) is 3. The number of benzene rings is 3. The molecule has 0 unspecified atom stereocenters. The van der Waals surface area contributed by atoms with E-state index in [1.807, 2.05) is 36.4 Å². The van der Waals surface area contributed by atoms with Gasteiger partial charge >= 0.3 is 0 Å². The molecule has 0 saturated carbocycles. The SMILES string of the molecule is O=C(COc1ccc2oc3ccccc3c2c1)Nc1ccc2c(c1)OCCCO2. The summed E-state index contributed by atoms with van der Waals surface area (Å²) in [5.74, 6) is 1.69. The van der Waals surface area contributed by atoms with E-state index in [0.29, 0.717) is 36.1 Å². The van der Waals surface area contributed by atoms with Gasteiger partial charge in [0, 0.05) is 28.9 Å². The van der Waals surface area contributed by atoms with Gasteiger partial charge in [0.05, 0.1) is 13.2 Å². The van der Waals surface area contributed by atoms with E-state index in [0.717, 1.165) is 28.4 Å². The fourth-order valence-corrected chi connectivity index (χ4v) is 3.38. The number of hydrogen-bond donors (Lipinski definition) is 1. The minimum Gasteiger partial charge on any atom is -0.490 e. The third-order valence-electron chi connectivity index (χ3n) is 4.75. The zero-order valence-electron chi connectivity index (χ0n) is 15.6. The summed E-state index contributed by atoms with van der Waals surface area (Å²) in [7, 11) is 0. The highest BCUT2D eigenvalue weighted by molar-refractivity contribution is 6.05. The highest BCUT2D eigenvalue weighted by Crippen LogP contribution is 2.33. The summed E-state index contributed by atoms with van der Waals surface area (Å²) in [6.45, 7) is 1.12. The summed E-state index contributed by atoms with van der Waals surface area (Å²) >= 11 is 0. The van der Waals surface area contributed by atoms with Crippen LogP contribution in [0, 0.1) is 0 Å². The van der Waals surface area contributed by atoms with Crippen molar-refractivity contribution in [2.45, 2.75) is 6.42 Å². The molecule has 0 saturated heterocycles. The Balaban J connectivity index is 1.27. The van der Waals surface area contributed by atoms with Gasteiger partial charge in [0.25, 0.3) is 5.91 Å². The number of fused-ring (bicyclic) bond motifs is 4. The largest absolute Gasteiger partial charge is 0.490 e. The molecule has 5 rings (SSSR count). The molecule has 1 N–H and O–H groups in total. The second kappa shape index (κ2) is 7.39. The number of carbonyl (C=O) groups excluding carboxylic acids is 1. The number of amides is 1. The van der Waals surface area contributed by atoms with Gasteiger partial charge in [-0.3, -0.25) is 4.79 Å². The minimum absolute atomic E-state index is 0.101. The highest BCUT2D eigenvalue weighted by atomic mass is 16.5. The molecular weight excluding hydrogens is 370 g/mol. The molecule has 4 aromatic rings. The fraction of sp³-hybridized carbons (Fsp3) is 0.174. The first-order chi connectivity index (χ1) is 14.3. The Kier molecular flexibility index (Phi) is 4.44. The molecule has 3 aromatic carbocycles. The fourth-order valence-electron chi connectivity index (χ4n) is 3.38. The number of furan rings is 1. The standard InChI is InChI=1S/C23H19NO5/c25-23(24-15-6-8-21-22(12-15)27-11-3-10-26-21)14-28-16-7-9-20-18(13-16)17-4-1-2-5-19(17)29-20/h1-2,4-9,12-13H,3,10-11,14H2,(H,24,25). The summed E-state index contributed by atoms with van der Waals surface area (Å²) in [5.41, 5.74) is 2.25. The number of rotatable bonds is 4. The van der Waals surface area contributed by atoms with Gasteiger partial charge in [-0.15, -0.1) is 0 Å². The lowest BCUT2D eigenvalue weighted by Gasteiger charge is -2.11. The van der Waals surface area contributed by atoms with E-state index >= 15 is 0 Å². The van der Waals surface area contributed by atoms with E-state index in [1.54, 1.807) is 24.3 Å². The third-order valence-corrected chi connectivity index (χ3v) is 4.75. The topological polar surface area (TPSA) is 69.9 Å². The van der Waals surface area contributed by atoms with Gasteiger partial charge in [0.2, 0.25) is 0 Å². The van der Waals surface area contributed by atoms with E-state index in [1.165, 1.54) is 0 Å². The molecule has 29 heavy (non-hydrogen) atoms. The van der Waals surface area contributed by atoms with Gasteiger partial charge in [-0.05, 0) is 36.4 Å². The highest BCUT2D eigenvalue weighted by Gasteiger charge is 2.13. The van der Waals surface area contributed by atoms with Crippen LogP contribution in [0.25, 0.3) is 21.9 Å². The zero-order valence-corrected chi connectivity index (χ0v) is 15.6. The lowest BCUT2D eigenvalue weighted by Crippen LogP contribution is -2.20. The average molecular weight is 389 g/mol. The summed E-state index contributed by atoms with van der Waals surface area (Å²) in [5, 5.41) is 4.80. The van der Waals surface area contributed by atoms with Gasteiger partial charge in [0.15, 0.2) is 18.1 Å². The van der Waals surface area contributed by atoms with Crippen LogP contribution in [0.2, 0.25) is 0 Å². The Labute approximate surface area is 167 Å². The summed E-state index contributed by atoms with van der Waals surface area (Å²) in [4.78, 5) is 12.3. The number of anilines is 1. The van der Waals surface area contributed by atoms with Crippen molar-refractivity contribution in [3.05, 3.63) is 60.7 Å². The Morgan fingerprint density at radius 2 is 1.72 bits per heavy atom. The molecule has 0 aliphatic carbocycles. The third kappa shape index (κ3) is 3.57. The van der Waals surface area contributed by atoms with Crippen LogP contribution < -0.4 is 19.5 Å². The van der Waals surface area contributed by atoms with Crippen molar-refractivity contribution in [1.29, 1.82) is 0 Å². The summed E-state index contributed by atoms with van der Waals surface area (Å²) < 4.78 is 22.8. The van der Waals surface area contributed by atoms with E-state index in [-0.39, 0.29) is 12.5 Å². The lowest BCUT2D eigenvalue weighted by molar-refractivity contribution is -0.118. The molecule has 0 spiro atoms. The van der Waals surface area contributed by atoms with Crippen LogP contribution in [-0.2, 0) is 4.79 Å². The van der Waals surface area contributed by atoms with Crippen LogP contribution in [-0.4, -0.2) is 25.7 Å². The van der Waals surface area contributed by atoms with Crippen LogP contribution in [0.4, 0.5) is 5.69 Å². The predicted molar refractivity (Wildman–Crippen MR) is 110 cm³/mol. The molecule has 0 atom stereocenters. The lowest BCUT2D eigenvalue weighted by atomic mass is 10.1. The Hall–Kier alpha value is -3.67. The molecule has 1 aliphatic heterocycles. The number of nitrogens with one attached hydrogen (secondary N) is 1. The first kappa shape index (κ1) is 17.4. The van der Waals surface area contributed by atoms with Gasteiger partial charge in [-0.25, -0.2) is 0 Å². The maximum atomic E-state index is 12.3. The van der Waals surface area contributed by atoms with Gasteiger partial charge in [-0.2, -0.15) is 0 Å². The van der Waals surface area contributed by atoms with Crippen molar-refractivity contribution in [2.75, 3.05) is 25.1 Å². The van der Waals surface area contributed by atoms with Gasteiger partial charge < -0.3 is 23.9 Å². The molecule has 1 aromatic heterocycles. The van der Waals surface area contributed by atoms with Crippen molar-refractivity contribution in [3.8, 4) is 17.2 Å². The Morgan fingerprint density at radius 1 is 0.897 bits per heavy atom. The monoisotopic (exact) mass is 389 g/mol. The van der Waals surface area contributed by atoms with E-state index in [4.69, 9.17) is 18.6 Å². The first-order valence-electron chi connectivity index (χ1n) is 9.50. The van der Waals surface area contributed by atoms with Crippen LogP contribution in [0.3, 0.4) is 0 Å². The molecule has 6 heteroatoms. The molecular formula is C23H19NO5. The summed E-state index contributed by atoms with van der Waals surface area (Å²) in [6, 6.07) is 18.7. The average Bonchev–Trinajstić information content (AvgIpc) is 2.94.